The minimum absolute atomic E-state index is 0.0753. The largest absolute Gasteiger partial charge is 0.445 e. The summed E-state index contributed by atoms with van der Waals surface area (Å²) in [4.78, 5) is 46.5. The van der Waals surface area contributed by atoms with E-state index in [4.69, 9.17) is 10.5 Å². The van der Waals surface area contributed by atoms with E-state index in [1.165, 1.54) is 13.0 Å². The lowest BCUT2D eigenvalue weighted by molar-refractivity contribution is -0.387. The zero-order chi connectivity index (χ0) is 24.5. The van der Waals surface area contributed by atoms with Gasteiger partial charge < -0.3 is 26.2 Å². The minimum Gasteiger partial charge on any atom is -0.445 e. The number of nitrogens with one attached hydrogen (secondary N) is 2. The van der Waals surface area contributed by atoms with Gasteiger partial charge in [0.25, 0.3) is 0 Å². The van der Waals surface area contributed by atoms with Crippen LogP contribution in [0.15, 0.2) is 48.5 Å². The average Bonchev–Trinajstić information content (AvgIpc) is 2.76. The van der Waals surface area contributed by atoms with Crippen LogP contribution < -0.4 is 16.4 Å². The van der Waals surface area contributed by atoms with Crippen molar-refractivity contribution in [3.63, 3.8) is 0 Å². The molecule has 2 aromatic rings. The van der Waals surface area contributed by atoms with Crippen LogP contribution >= 0.6 is 0 Å². The fourth-order valence-corrected chi connectivity index (χ4v) is 2.84. The van der Waals surface area contributed by atoms with Crippen LogP contribution in [0.3, 0.4) is 0 Å². The number of hydrogen-bond acceptors (Lipinski definition) is 7. The highest BCUT2D eigenvalue weighted by molar-refractivity contribution is 5.91. The summed E-state index contributed by atoms with van der Waals surface area (Å²) in [6, 6.07) is 8.88. The Bertz CT molecular complexity index is 1020. The van der Waals surface area contributed by atoms with Crippen LogP contribution in [0.5, 0.6) is 0 Å². The number of hydrogen-bond donors (Lipinski definition) is 4. The van der Waals surface area contributed by atoms with E-state index in [9.17, 15) is 34.0 Å². The molecule has 12 heteroatoms. The number of halogens is 1. The van der Waals surface area contributed by atoms with E-state index in [1.54, 1.807) is 30.3 Å². The number of ether oxygens (including phenoxy) is 1. The second-order valence-electron chi connectivity index (χ2n) is 7.13. The molecule has 0 radical (unpaired) electrons. The van der Waals surface area contributed by atoms with Crippen molar-refractivity contribution in [3.8, 4) is 0 Å². The predicted octanol–water partition coefficient (Wildman–Crippen LogP) is 0.922. The first-order chi connectivity index (χ1) is 15.6. The van der Waals surface area contributed by atoms with E-state index in [0.29, 0.717) is 5.56 Å². The fraction of sp³-hybridized carbons (Fsp3) is 0.286. The van der Waals surface area contributed by atoms with E-state index in [-0.39, 0.29) is 18.6 Å². The molecule has 0 aliphatic rings. The molecular weight excluding hydrogens is 439 g/mol. The van der Waals surface area contributed by atoms with Crippen molar-refractivity contribution in [2.45, 2.75) is 38.1 Å². The standard InChI is InChI=1S/C21H23FN4O7/c1-12(27)18(25-21(30)33-11-13-5-3-2-4-6-13)20(29)24-16(19(23)28)9-14-7-8-15(22)17(10-14)26(31)32/h2-8,10,12,16,18,27H,9,11H2,1H3,(H2,23,28)(H,24,29)(H,25,30)/t12-,16+,18+/m1/s1. The van der Waals surface area contributed by atoms with Gasteiger partial charge in [0.2, 0.25) is 17.6 Å². The van der Waals surface area contributed by atoms with Gasteiger partial charge in [0.1, 0.15) is 18.7 Å². The number of aliphatic hydroxyl groups excluding tert-OH is 1. The predicted molar refractivity (Wildman–Crippen MR) is 113 cm³/mol. The Morgan fingerprint density at radius 3 is 2.39 bits per heavy atom. The monoisotopic (exact) mass is 462 g/mol. The van der Waals surface area contributed by atoms with Crippen LogP contribution in [0, 0.1) is 15.9 Å². The zero-order valence-electron chi connectivity index (χ0n) is 17.6. The summed E-state index contributed by atoms with van der Waals surface area (Å²) in [5.41, 5.74) is 5.38. The molecule has 11 nitrogen and oxygen atoms in total. The first kappa shape index (κ1) is 25.2. The first-order valence-corrected chi connectivity index (χ1v) is 9.76. The molecule has 0 unspecified atom stereocenters. The van der Waals surface area contributed by atoms with Gasteiger partial charge in [-0.15, -0.1) is 0 Å². The number of alkyl carbamates (subject to hydrolysis) is 1. The van der Waals surface area contributed by atoms with Gasteiger partial charge in [0, 0.05) is 12.5 Å². The van der Waals surface area contributed by atoms with Crippen LogP contribution in [0.2, 0.25) is 0 Å². The highest BCUT2D eigenvalue weighted by Crippen LogP contribution is 2.19. The Morgan fingerprint density at radius 2 is 1.82 bits per heavy atom. The molecule has 0 fully saturated rings. The highest BCUT2D eigenvalue weighted by atomic mass is 19.1. The number of nitro benzene ring substituents is 1. The third-order valence-electron chi connectivity index (χ3n) is 4.56. The van der Waals surface area contributed by atoms with E-state index >= 15 is 0 Å². The lowest BCUT2D eigenvalue weighted by Gasteiger charge is -2.23. The normalized spacial score (nSPS) is 13.3. The van der Waals surface area contributed by atoms with Gasteiger partial charge in [0.15, 0.2) is 0 Å². The number of rotatable bonds is 10. The van der Waals surface area contributed by atoms with Gasteiger partial charge in [-0.25, -0.2) is 4.79 Å². The number of nitrogens with two attached hydrogens (primary N) is 1. The summed E-state index contributed by atoms with van der Waals surface area (Å²) in [6.07, 6.45) is -2.63. The van der Waals surface area contributed by atoms with Gasteiger partial charge >= 0.3 is 11.8 Å². The maximum Gasteiger partial charge on any atom is 0.408 e. The quantitative estimate of drug-likeness (QED) is 0.300. The van der Waals surface area contributed by atoms with Gasteiger partial charge in [-0.05, 0) is 24.1 Å². The smallest absolute Gasteiger partial charge is 0.408 e. The van der Waals surface area contributed by atoms with Crippen molar-refractivity contribution in [2.24, 2.45) is 5.73 Å². The van der Waals surface area contributed by atoms with Gasteiger partial charge in [-0.2, -0.15) is 4.39 Å². The van der Waals surface area contributed by atoms with Gasteiger partial charge in [-0.1, -0.05) is 36.4 Å². The van der Waals surface area contributed by atoms with E-state index in [1.807, 2.05) is 0 Å². The molecule has 2 rings (SSSR count). The van der Waals surface area contributed by atoms with Crippen LogP contribution in [0.25, 0.3) is 0 Å². The molecule has 0 aliphatic heterocycles. The molecule has 0 heterocycles. The zero-order valence-corrected chi connectivity index (χ0v) is 17.6. The second kappa shape index (κ2) is 11.5. The lowest BCUT2D eigenvalue weighted by Crippen LogP contribution is -2.57. The van der Waals surface area contributed by atoms with Crippen molar-refractivity contribution < 1.29 is 33.5 Å². The maximum atomic E-state index is 13.5. The Labute approximate surface area is 187 Å². The van der Waals surface area contributed by atoms with Crippen molar-refractivity contribution in [2.75, 3.05) is 0 Å². The third-order valence-corrected chi connectivity index (χ3v) is 4.56. The summed E-state index contributed by atoms with van der Waals surface area (Å²) >= 11 is 0. The number of primary amides is 1. The summed E-state index contributed by atoms with van der Waals surface area (Å²) in [6.45, 7) is 1.17. The van der Waals surface area contributed by atoms with Gasteiger partial charge in [-0.3, -0.25) is 19.7 Å². The van der Waals surface area contributed by atoms with Crippen molar-refractivity contribution in [3.05, 3.63) is 75.6 Å². The molecular formula is C21H23FN4O7. The lowest BCUT2D eigenvalue weighted by atomic mass is 10.0. The SMILES string of the molecule is C[C@@H](O)[C@H](NC(=O)OCc1ccccc1)C(=O)N[C@@H](Cc1ccc(F)c([N+](=O)[O-])c1)C(N)=O. The molecule has 0 bridgehead atoms. The third kappa shape index (κ3) is 7.54. The Morgan fingerprint density at radius 1 is 1.15 bits per heavy atom. The number of carbonyl (C=O) groups excluding carboxylic acids is 3. The van der Waals surface area contributed by atoms with E-state index in [2.05, 4.69) is 10.6 Å². The summed E-state index contributed by atoms with van der Waals surface area (Å²) in [5.74, 6) is -2.98. The second-order valence-corrected chi connectivity index (χ2v) is 7.13. The number of nitro groups is 1. The molecule has 0 aromatic heterocycles. The van der Waals surface area contributed by atoms with Crippen molar-refractivity contribution in [1.82, 2.24) is 10.6 Å². The molecule has 33 heavy (non-hydrogen) atoms. The Balaban J connectivity index is 2.05. The maximum absolute atomic E-state index is 13.5. The molecule has 0 saturated heterocycles. The topological polar surface area (TPSA) is 174 Å². The summed E-state index contributed by atoms with van der Waals surface area (Å²) in [7, 11) is 0. The number of amides is 3. The van der Waals surface area contributed by atoms with Crippen LogP contribution in [-0.2, 0) is 27.4 Å². The minimum atomic E-state index is -1.49. The molecule has 5 N–H and O–H groups in total. The summed E-state index contributed by atoms with van der Waals surface area (Å²) in [5, 5.41) is 25.3. The molecule has 0 spiro atoms. The molecule has 0 saturated carbocycles. The van der Waals surface area contributed by atoms with Crippen molar-refractivity contribution in [1.29, 1.82) is 0 Å². The molecule has 3 atom stereocenters. The first-order valence-electron chi connectivity index (χ1n) is 9.76. The Kier molecular flexibility index (Phi) is 8.80. The van der Waals surface area contributed by atoms with E-state index in [0.717, 1.165) is 12.1 Å². The number of nitrogens with zero attached hydrogens (tertiary/aromatic N) is 1. The molecule has 3 amide bonds. The molecule has 2 aromatic carbocycles. The number of benzene rings is 2. The fourth-order valence-electron chi connectivity index (χ4n) is 2.84. The summed E-state index contributed by atoms with van der Waals surface area (Å²) < 4.78 is 18.6. The average molecular weight is 462 g/mol. The number of carbonyl (C=O) groups is 3. The Hall–Kier alpha value is -4.06. The van der Waals surface area contributed by atoms with Crippen molar-refractivity contribution >= 4 is 23.6 Å². The van der Waals surface area contributed by atoms with E-state index < -0.39 is 52.5 Å². The van der Waals surface area contributed by atoms with Crippen LogP contribution in [-0.4, -0.2) is 46.1 Å². The molecule has 0 aliphatic carbocycles. The van der Waals surface area contributed by atoms with Crippen LogP contribution in [0.4, 0.5) is 14.9 Å². The van der Waals surface area contributed by atoms with Crippen LogP contribution in [0.1, 0.15) is 18.1 Å². The molecule has 176 valence electrons. The number of aliphatic hydroxyl groups is 1. The highest BCUT2D eigenvalue weighted by Gasteiger charge is 2.30. The van der Waals surface area contributed by atoms with Gasteiger partial charge in [0.05, 0.1) is 11.0 Å².